The van der Waals surface area contributed by atoms with Crippen molar-refractivity contribution < 1.29 is 8.42 Å². The van der Waals surface area contributed by atoms with Crippen LogP contribution in [0.3, 0.4) is 0 Å². The van der Waals surface area contributed by atoms with Crippen LogP contribution in [0.2, 0.25) is 0 Å². The van der Waals surface area contributed by atoms with Crippen LogP contribution in [0, 0.1) is 0 Å². The van der Waals surface area contributed by atoms with Gasteiger partial charge in [0.2, 0.25) is 0 Å². The Hall–Kier alpha value is 0.590. The molecular weight excluding hydrogens is 622 g/mol. The summed E-state index contributed by atoms with van der Waals surface area (Å²) in [4.78, 5) is 0.151. The minimum Gasteiger partial charge on any atom is -0.277 e. The van der Waals surface area contributed by atoms with Crippen molar-refractivity contribution in [2.24, 2.45) is 0 Å². The Morgan fingerprint density at radius 2 is 1.33 bits per heavy atom. The molecule has 0 fully saturated rings. The second-order valence-corrected chi connectivity index (χ2v) is 9.97. The Morgan fingerprint density at radius 1 is 0.762 bits per heavy atom. The number of nitrogens with one attached hydrogen (secondary N) is 1. The summed E-state index contributed by atoms with van der Waals surface area (Å²) in [5.74, 6) is 0. The van der Waals surface area contributed by atoms with E-state index >= 15 is 0 Å². The van der Waals surface area contributed by atoms with E-state index < -0.39 is 10.0 Å². The number of halogens is 5. The molecular formula is C12H6Br5NO2S. The molecule has 2 aromatic carbocycles. The van der Waals surface area contributed by atoms with Crippen molar-refractivity contribution >= 4 is 95.4 Å². The molecule has 0 saturated heterocycles. The molecule has 0 aliphatic rings. The maximum Gasteiger partial charge on any atom is 0.263 e. The van der Waals surface area contributed by atoms with Crippen LogP contribution in [0.25, 0.3) is 0 Å². The average Bonchev–Trinajstić information content (AvgIpc) is 2.36. The van der Waals surface area contributed by atoms with E-state index in [9.17, 15) is 8.42 Å². The Balaban J connectivity index is 2.50. The van der Waals surface area contributed by atoms with Crippen LogP contribution in [0.1, 0.15) is 0 Å². The summed E-state index contributed by atoms with van der Waals surface area (Å²) < 4.78 is 30.9. The zero-order valence-electron chi connectivity index (χ0n) is 10.0. The lowest BCUT2D eigenvalue weighted by Gasteiger charge is -2.13. The number of sulfonamides is 1. The summed E-state index contributed by atoms with van der Waals surface area (Å²) in [5, 5.41) is 0. The fraction of sp³-hybridized carbons (Fsp3) is 0. The molecule has 0 aliphatic carbocycles. The molecule has 3 nitrogen and oxygen atoms in total. The summed E-state index contributed by atoms with van der Waals surface area (Å²) in [6.07, 6.45) is 0. The first-order valence-corrected chi connectivity index (χ1v) is 10.8. The maximum absolute atomic E-state index is 12.5. The van der Waals surface area contributed by atoms with Gasteiger partial charge < -0.3 is 0 Å². The number of anilines is 1. The van der Waals surface area contributed by atoms with Crippen molar-refractivity contribution in [3.8, 4) is 0 Å². The van der Waals surface area contributed by atoms with Crippen molar-refractivity contribution in [3.63, 3.8) is 0 Å². The van der Waals surface area contributed by atoms with E-state index in [0.717, 1.165) is 4.47 Å². The topological polar surface area (TPSA) is 46.2 Å². The monoisotopic (exact) mass is 623 g/mol. The standard InChI is InChI=1S/C12H6Br5NO2S/c13-6-1-2-8(15)11(5-6)21(19,20)18-12-9(16)3-7(14)4-10(12)17/h1-5,18H. The minimum atomic E-state index is -3.73. The Morgan fingerprint density at radius 3 is 1.90 bits per heavy atom. The highest BCUT2D eigenvalue weighted by Gasteiger charge is 2.21. The molecule has 1 N–H and O–H groups in total. The Kier molecular flexibility index (Phi) is 5.98. The van der Waals surface area contributed by atoms with E-state index in [-0.39, 0.29) is 4.90 Å². The largest absolute Gasteiger partial charge is 0.277 e. The van der Waals surface area contributed by atoms with Gasteiger partial charge in [-0.25, -0.2) is 8.42 Å². The summed E-state index contributed by atoms with van der Waals surface area (Å²) in [7, 11) is -3.73. The normalized spacial score (nSPS) is 11.5. The molecule has 0 spiro atoms. The van der Waals surface area contributed by atoms with Gasteiger partial charge in [-0.2, -0.15) is 0 Å². The lowest BCUT2D eigenvalue weighted by molar-refractivity contribution is 0.600. The van der Waals surface area contributed by atoms with Gasteiger partial charge in [0, 0.05) is 22.4 Å². The highest BCUT2D eigenvalue weighted by Crippen LogP contribution is 2.36. The van der Waals surface area contributed by atoms with Crippen LogP contribution in [0.15, 0.2) is 57.6 Å². The van der Waals surface area contributed by atoms with Crippen LogP contribution in [-0.4, -0.2) is 8.42 Å². The molecule has 0 unspecified atom stereocenters. The van der Waals surface area contributed by atoms with Gasteiger partial charge in [0.15, 0.2) is 0 Å². The van der Waals surface area contributed by atoms with Gasteiger partial charge in [-0.3, -0.25) is 4.72 Å². The van der Waals surface area contributed by atoms with Crippen LogP contribution in [0.4, 0.5) is 5.69 Å². The molecule has 0 bridgehead atoms. The molecule has 0 saturated carbocycles. The molecule has 0 aromatic heterocycles. The highest BCUT2D eigenvalue weighted by molar-refractivity contribution is 9.12. The molecule has 0 amide bonds. The zero-order chi connectivity index (χ0) is 15.8. The number of rotatable bonds is 3. The number of benzene rings is 2. The quantitative estimate of drug-likeness (QED) is 0.435. The molecule has 0 atom stereocenters. The van der Waals surface area contributed by atoms with E-state index in [1.165, 1.54) is 6.07 Å². The van der Waals surface area contributed by atoms with Crippen LogP contribution >= 0.6 is 79.6 Å². The van der Waals surface area contributed by atoms with Crippen molar-refractivity contribution in [3.05, 3.63) is 52.7 Å². The van der Waals surface area contributed by atoms with E-state index in [0.29, 0.717) is 23.6 Å². The second kappa shape index (κ2) is 7.00. The van der Waals surface area contributed by atoms with Gasteiger partial charge in [-0.15, -0.1) is 0 Å². The Bertz CT molecular complexity index is 784. The third-order valence-electron chi connectivity index (χ3n) is 2.43. The smallest absolute Gasteiger partial charge is 0.263 e. The third-order valence-corrected chi connectivity index (χ3v) is 6.97. The highest BCUT2D eigenvalue weighted by atomic mass is 79.9. The molecule has 112 valence electrons. The summed E-state index contributed by atoms with van der Waals surface area (Å²) in [5.41, 5.74) is 0.435. The van der Waals surface area contributed by atoms with Crippen LogP contribution in [0.5, 0.6) is 0 Å². The summed E-state index contributed by atoms with van der Waals surface area (Å²) in [6, 6.07) is 8.49. The molecule has 2 rings (SSSR count). The first-order valence-electron chi connectivity index (χ1n) is 5.33. The summed E-state index contributed by atoms with van der Waals surface area (Å²) in [6.45, 7) is 0. The van der Waals surface area contributed by atoms with Gasteiger partial charge in [0.1, 0.15) is 4.90 Å². The fourth-order valence-corrected chi connectivity index (χ4v) is 6.84. The predicted octanol–water partition coefficient (Wildman–Crippen LogP) is 6.30. The molecule has 21 heavy (non-hydrogen) atoms. The lowest BCUT2D eigenvalue weighted by Crippen LogP contribution is -2.14. The van der Waals surface area contributed by atoms with Crippen molar-refractivity contribution in [2.45, 2.75) is 4.90 Å². The van der Waals surface area contributed by atoms with Gasteiger partial charge in [0.25, 0.3) is 10.0 Å². The van der Waals surface area contributed by atoms with Gasteiger partial charge >= 0.3 is 0 Å². The lowest BCUT2D eigenvalue weighted by atomic mass is 10.3. The van der Waals surface area contributed by atoms with E-state index in [1.54, 1.807) is 24.3 Å². The Labute approximate surface area is 164 Å². The molecule has 0 aliphatic heterocycles. The second-order valence-electron chi connectivity index (χ2n) is 3.92. The predicted molar refractivity (Wildman–Crippen MR) is 102 cm³/mol. The SMILES string of the molecule is O=S(=O)(Nc1c(Br)cc(Br)cc1Br)c1cc(Br)ccc1Br. The first-order chi connectivity index (χ1) is 9.70. The molecule has 9 heteroatoms. The molecule has 0 radical (unpaired) electrons. The zero-order valence-corrected chi connectivity index (χ0v) is 18.7. The fourth-order valence-electron chi connectivity index (χ4n) is 1.51. The number of hydrogen-bond acceptors (Lipinski definition) is 2. The van der Waals surface area contributed by atoms with Gasteiger partial charge in [-0.1, -0.05) is 31.9 Å². The average molecular weight is 628 g/mol. The first kappa shape index (κ1) is 17.9. The van der Waals surface area contributed by atoms with Crippen LogP contribution < -0.4 is 4.72 Å². The van der Waals surface area contributed by atoms with Crippen molar-refractivity contribution in [1.29, 1.82) is 0 Å². The number of hydrogen-bond donors (Lipinski definition) is 1. The third kappa shape index (κ3) is 4.32. The van der Waals surface area contributed by atoms with Crippen molar-refractivity contribution in [1.82, 2.24) is 0 Å². The van der Waals surface area contributed by atoms with Crippen molar-refractivity contribution in [2.75, 3.05) is 4.72 Å². The van der Waals surface area contributed by atoms with Gasteiger partial charge in [-0.05, 0) is 78.1 Å². The van der Waals surface area contributed by atoms with Crippen LogP contribution in [-0.2, 0) is 10.0 Å². The molecule has 0 heterocycles. The minimum absolute atomic E-state index is 0.151. The van der Waals surface area contributed by atoms with Gasteiger partial charge in [0.05, 0.1) is 5.69 Å². The van der Waals surface area contributed by atoms with E-state index in [4.69, 9.17) is 0 Å². The molecule has 2 aromatic rings. The summed E-state index contributed by atoms with van der Waals surface area (Å²) >= 11 is 16.6. The maximum atomic E-state index is 12.5. The van der Waals surface area contributed by atoms with E-state index in [2.05, 4.69) is 84.4 Å². The van der Waals surface area contributed by atoms with E-state index in [1.807, 2.05) is 0 Å².